The number of likely N-dealkylation sites (tertiary alicyclic amines) is 1. The molecule has 0 spiro atoms. The molecule has 24 heavy (non-hydrogen) atoms. The standard InChI is InChI=1S/C18H20N4O2/c23-17-6-3-10-21(17)11-8-13-12-22(16-5-2-1-4-14(13)16)18(24)15-7-9-19-20-15/h1-2,4-5,7,9,13H,3,6,8,10-12H2,(H,19,20)/t13-/m1/s1. The molecule has 0 unspecified atom stereocenters. The first-order valence-corrected chi connectivity index (χ1v) is 8.42. The van der Waals surface area contributed by atoms with Crippen molar-refractivity contribution in [2.24, 2.45) is 0 Å². The van der Waals surface area contributed by atoms with Gasteiger partial charge >= 0.3 is 0 Å². The van der Waals surface area contributed by atoms with Crippen molar-refractivity contribution in [3.05, 3.63) is 47.8 Å². The van der Waals surface area contributed by atoms with Crippen LogP contribution in [-0.4, -0.2) is 46.5 Å². The summed E-state index contributed by atoms with van der Waals surface area (Å²) < 4.78 is 0. The van der Waals surface area contributed by atoms with Crippen molar-refractivity contribution >= 4 is 17.5 Å². The Morgan fingerprint density at radius 3 is 2.92 bits per heavy atom. The fourth-order valence-electron chi connectivity index (χ4n) is 3.71. The monoisotopic (exact) mass is 324 g/mol. The normalized spacial score (nSPS) is 19.8. The maximum atomic E-state index is 12.7. The van der Waals surface area contributed by atoms with E-state index in [1.165, 1.54) is 5.56 Å². The van der Waals surface area contributed by atoms with E-state index in [1.54, 1.807) is 12.3 Å². The van der Waals surface area contributed by atoms with Crippen molar-refractivity contribution in [1.29, 1.82) is 0 Å². The molecule has 0 radical (unpaired) electrons. The number of para-hydroxylation sites is 1. The summed E-state index contributed by atoms with van der Waals surface area (Å²) in [7, 11) is 0. The highest BCUT2D eigenvalue weighted by atomic mass is 16.2. The number of benzene rings is 1. The van der Waals surface area contributed by atoms with Gasteiger partial charge < -0.3 is 9.80 Å². The first kappa shape index (κ1) is 14.9. The van der Waals surface area contributed by atoms with Gasteiger partial charge in [0.2, 0.25) is 5.91 Å². The van der Waals surface area contributed by atoms with Crippen molar-refractivity contribution < 1.29 is 9.59 Å². The highest BCUT2D eigenvalue weighted by Gasteiger charge is 2.33. The molecule has 0 saturated carbocycles. The molecule has 0 aliphatic carbocycles. The molecule has 2 amide bonds. The minimum atomic E-state index is -0.0558. The molecule has 2 aromatic rings. The number of aromatic amines is 1. The van der Waals surface area contributed by atoms with E-state index < -0.39 is 0 Å². The SMILES string of the molecule is O=C1CCCN1CC[C@@H]1CN(C(=O)c2ccn[nH]2)c2ccccc21. The number of H-pyrrole nitrogens is 1. The van der Waals surface area contributed by atoms with Gasteiger partial charge in [-0.2, -0.15) is 5.10 Å². The first-order chi connectivity index (χ1) is 11.7. The number of hydrogen-bond donors (Lipinski definition) is 1. The second-order valence-electron chi connectivity index (χ2n) is 6.41. The quantitative estimate of drug-likeness (QED) is 0.937. The van der Waals surface area contributed by atoms with E-state index in [0.29, 0.717) is 18.7 Å². The molecule has 2 aliphatic rings. The van der Waals surface area contributed by atoms with Crippen molar-refractivity contribution in [2.45, 2.75) is 25.2 Å². The summed E-state index contributed by atoms with van der Waals surface area (Å²) in [5.74, 6) is 0.466. The Balaban J connectivity index is 1.52. The molecular formula is C18H20N4O2. The van der Waals surface area contributed by atoms with Crippen LogP contribution in [0.5, 0.6) is 0 Å². The van der Waals surface area contributed by atoms with Gasteiger partial charge in [-0.05, 0) is 30.5 Å². The Morgan fingerprint density at radius 1 is 1.29 bits per heavy atom. The Kier molecular flexibility index (Phi) is 3.80. The van der Waals surface area contributed by atoms with Crippen LogP contribution < -0.4 is 4.90 Å². The number of nitrogens with one attached hydrogen (secondary N) is 1. The van der Waals surface area contributed by atoms with Crippen LogP contribution in [0.4, 0.5) is 5.69 Å². The van der Waals surface area contributed by atoms with E-state index in [9.17, 15) is 9.59 Å². The van der Waals surface area contributed by atoms with Crippen LogP contribution in [0.3, 0.4) is 0 Å². The third-order valence-electron chi connectivity index (χ3n) is 4.97. The minimum Gasteiger partial charge on any atom is -0.343 e. The highest BCUT2D eigenvalue weighted by Crippen LogP contribution is 2.38. The molecule has 6 nitrogen and oxygen atoms in total. The number of carbonyl (C=O) groups is 2. The third kappa shape index (κ3) is 2.58. The molecule has 1 atom stereocenters. The Hall–Kier alpha value is -2.63. The van der Waals surface area contributed by atoms with E-state index in [4.69, 9.17) is 0 Å². The van der Waals surface area contributed by atoms with E-state index >= 15 is 0 Å². The molecule has 1 aromatic carbocycles. The molecule has 1 N–H and O–H groups in total. The highest BCUT2D eigenvalue weighted by molar-refractivity contribution is 6.06. The predicted molar refractivity (Wildman–Crippen MR) is 89.9 cm³/mol. The lowest BCUT2D eigenvalue weighted by molar-refractivity contribution is -0.127. The topological polar surface area (TPSA) is 69.3 Å². The number of fused-ring (bicyclic) bond motifs is 1. The van der Waals surface area contributed by atoms with Gasteiger partial charge in [-0.3, -0.25) is 14.7 Å². The number of anilines is 1. The van der Waals surface area contributed by atoms with Gasteiger partial charge in [-0.25, -0.2) is 0 Å². The summed E-state index contributed by atoms with van der Waals surface area (Å²) in [5.41, 5.74) is 2.66. The van der Waals surface area contributed by atoms with Gasteiger partial charge in [0, 0.05) is 43.9 Å². The zero-order valence-corrected chi connectivity index (χ0v) is 13.4. The molecule has 1 fully saturated rings. The van der Waals surface area contributed by atoms with E-state index in [1.807, 2.05) is 28.0 Å². The van der Waals surface area contributed by atoms with Crippen LogP contribution >= 0.6 is 0 Å². The maximum Gasteiger partial charge on any atom is 0.276 e. The Bertz CT molecular complexity index is 756. The molecule has 4 rings (SSSR count). The average Bonchev–Trinajstić information content (AvgIpc) is 3.33. The van der Waals surface area contributed by atoms with Crippen molar-refractivity contribution in [1.82, 2.24) is 15.1 Å². The maximum absolute atomic E-state index is 12.7. The van der Waals surface area contributed by atoms with Crippen molar-refractivity contribution in [2.75, 3.05) is 24.5 Å². The summed E-state index contributed by atoms with van der Waals surface area (Å²) in [6, 6.07) is 9.74. The van der Waals surface area contributed by atoms with E-state index in [2.05, 4.69) is 16.3 Å². The molecule has 2 aliphatic heterocycles. The van der Waals surface area contributed by atoms with Gasteiger partial charge in [0.05, 0.1) is 0 Å². The van der Waals surface area contributed by atoms with Crippen LogP contribution in [0, 0.1) is 0 Å². The average molecular weight is 324 g/mol. The number of nitrogens with zero attached hydrogens (tertiary/aromatic N) is 3. The summed E-state index contributed by atoms with van der Waals surface area (Å²) in [4.78, 5) is 28.3. The summed E-state index contributed by atoms with van der Waals surface area (Å²) in [6.45, 7) is 2.28. The van der Waals surface area contributed by atoms with Gasteiger partial charge in [0.25, 0.3) is 5.91 Å². The van der Waals surface area contributed by atoms with Crippen LogP contribution in [-0.2, 0) is 4.79 Å². The number of aromatic nitrogens is 2. The number of carbonyl (C=O) groups excluding carboxylic acids is 2. The first-order valence-electron chi connectivity index (χ1n) is 8.42. The molecule has 3 heterocycles. The van der Waals surface area contributed by atoms with Crippen LogP contribution in [0.2, 0.25) is 0 Å². The van der Waals surface area contributed by atoms with Gasteiger partial charge in [-0.1, -0.05) is 18.2 Å². The van der Waals surface area contributed by atoms with E-state index in [-0.39, 0.29) is 17.7 Å². The zero-order valence-electron chi connectivity index (χ0n) is 13.4. The summed E-state index contributed by atoms with van der Waals surface area (Å²) in [5, 5.41) is 6.62. The molecule has 0 bridgehead atoms. The van der Waals surface area contributed by atoms with Crippen molar-refractivity contribution in [3.63, 3.8) is 0 Å². The second-order valence-corrected chi connectivity index (χ2v) is 6.41. The summed E-state index contributed by atoms with van der Waals surface area (Å²) in [6.07, 6.45) is 4.11. The molecule has 124 valence electrons. The Labute approximate surface area is 140 Å². The van der Waals surface area contributed by atoms with Crippen LogP contribution in [0.25, 0.3) is 0 Å². The smallest absolute Gasteiger partial charge is 0.276 e. The van der Waals surface area contributed by atoms with Crippen LogP contribution in [0.1, 0.15) is 41.2 Å². The lowest BCUT2D eigenvalue weighted by atomic mass is 9.98. The minimum absolute atomic E-state index is 0.0558. The largest absolute Gasteiger partial charge is 0.343 e. The number of rotatable bonds is 4. The lowest BCUT2D eigenvalue weighted by Crippen LogP contribution is -2.31. The number of amides is 2. The second kappa shape index (κ2) is 6.11. The summed E-state index contributed by atoms with van der Waals surface area (Å²) >= 11 is 0. The van der Waals surface area contributed by atoms with Crippen LogP contribution in [0.15, 0.2) is 36.5 Å². The fourth-order valence-corrected chi connectivity index (χ4v) is 3.71. The lowest BCUT2D eigenvalue weighted by Gasteiger charge is -2.19. The van der Waals surface area contributed by atoms with E-state index in [0.717, 1.165) is 31.6 Å². The molecule has 6 heteroatoms. The predicted octanol–water partition coefficient (Wildman–Crippen LogP) is 2.17. The van der Waals surface area contributed by atoms with Gasteiger partial charge in [-0.15, -0.1) is 0 Å². The molecule has 1 aromatic heterocycles. The van der Waals surface area contributed by atoms with Crippen molar-refractivity contribution in [3.8, 4) is 0 Å². The zero-order chi connectivity index (χ0) is 16.5. The third-order valence-corrected chi connectivity index (χ3v) is 4.97. The Morgan fingerprint density at radius 2 is 2.17 bits per heavy atom. The molecule has 1 saturated heterocycles. The van der Waals surface area contributed by atoms with Gasteiger partial charge in [0.1, 0.15) is 5.69 Å². The fraction of sp³-hybridized carbons (Fsp3) is 0.389. The number of hydrogen-bond acceptors (Lipinski definition) is 3. The van der Waals surface area contributed by atoms with Gasteiger partial charge in [0.15, 0.2) is 0 Å². The molecular weight excluding hydrogens is 304 g/mol.